The molecule has 0 aliphatic heterocycles. The van der Waals surface area contributed by atoms with Gasteiger partial charge in [-0.15, -0.1) is 0 Å². The zero-order valence-corrected chi connectivity index (χ0v) is 25.8. The van der Waals surface area contributed by atoms with Gasteiger partial charge in [-0.2, -0.15) is 0 Å². The Morgan fingerprint density at radius 1 is 0.459 bits per heavy atom. The van der Waals surface area contributed by atoms with Crippen LogP contribution in [0.3, 0.4) is 0 Å². The summed E-state index contributed by atoms with van der Waals surface area (Å²) in [7, 11) is 0. The lowest BCUT2D eigenvalue weighted by molar-refractivity contribution is 0.151. The molecular formula is C37H74. The minimum Gasteiger partial charge on any atom is -0.0914 e. The average Bonchev–Trinajstić information content (AvgIpc) is 2.94. The van der Waals surface area contributed by atoms with E-state index in [1.165, 1.54) is 96.3 Å². The van der Waals surface area contributed by atoms with Crippen LogP contribution in [0.5, 0.6) is 0 Å². The van der Waals surface area contributed by atoms with Gasteiger partial charge in [-0.25, -0.2) is 0 Å². The molecule has 4 aliphatic rings. The van der Waals surface area contributed by atoms with E-state index in [2.05, 4.69) is 52.0 Å². The Morgan fingerprint density at radius 2 is 0.811 bits per heavy atom. The lowest BCUT2D eigenvalue weighted by Gasteiger charge is -2.37. The van der Waals surface area contributed by atoms with E-state index in [0.29, 0.717) is 0 Å². The van der Waals surface area contributed by atoms with Gasteiger partial charge in [-0.1, -0.05) is 95.9 Å². The molecule has 37 heavy (non-hydrogen) atoms. The van der Waals surface area contributed by atoms with Gasteiger partial charge < -0.3 is 0 Å². The number of hydrogen-bond acceptors (Lipinski definition) is 0. The van der Waals surface area contributed by atoms with E-state index in [4.69, 9.17) is 0 Å². The molecule has 4 fully saturated rings. The predicted molar refractivity (Wildman–Crippen MR) is 174 cm³/mol. The van der Waals surface area contributed by atoms with Gasteiger partial charge in [-0.05, 0) is 138 Å². The Hall–Kier alpha value is -0.520. The third-order valence-electron chi connectivity index (χ3n) is 11.3. The van der Waals surface area contributed by atoms with Gasteiger partial charge in [0.25, 0.3) is 0 Å². The highest BCUT2D eigenvalue weighted by Gasteiger charge is 2.31. The highest BCUT2D eigenvalue weighted by molar-refractivity contribution is 4.92. The van der Waals surface area contributed by atoms with Crippen LogP contribution in [0.4, 0.5) is 0 Å². The van der Waals surface area contributed by atoms with Gasteiger partial charge in [0.15, 0.2) is 0 Å². The smallest absolute Gasteiger partial charge is 0 e. The molecule has 0 atom stereocenters. The minimum absolute atomic E-state index is 0. The van der Waals surface area contributed by atoms with Crippen LogP contribution in [-0.4, -0.2) is 0 Å². The molecule has 222 valence electrons. The van der Waals surface area contributed by atoms with Crippen LogP contribution in [-0.2, 0) is 0 Å². The molecule has 0 spiro atoms. The van der Waals surface area contributed by atoms with Gasteiger partial charge in [0.05, 0.1) is 0 Å². The van der Waals surface area contributed by atoms with Crippen LogP contribution in [0.2, 0.25) is 0 Å². The van der Waals surface area contributed by atoms with E-state index in [9.17, 15) is 0 Å². The van der Waals surface area contributed by atoms with Crippen molar-refractivity contribution in [2.75, 3.05) is 0 Å². The number of hydrogen-bond donors (Lipinski definition) is 0. The molecular weight excluding hydrogens is 444 g/mol. The van der Waals surface area contributed by atoms with Crippen LogP contribution in [0.25, 0.3) is 0 Å². The first-order valence-electron chi connectivity index (χ1n) is 17.4. The lowest BCUT2D eigenvalue weighted by atomic mass is 9.68. The molecule has 0 unspecified atom stereocenters. The second-order valence-electron chi connectivity index (χ2n) is 13.9. The van der Waals surface area contributed by atoms with E-state index in [0.717, 1.165) is 47.3 Å². The lowest BCUT2D eigenvalue weighted by Crippen LogP contribution is -2.25. The first kappa shape index (κ1) is 31.0. The Morgan fingerprint density at radius 3 is 1.14 bits per heavy atom. The summed E-state index contributed by atoms with van der Waals surface area (Å²) in [4.78, 5) is 0. The van der Waals surface area contributed by atoms with Crippen molar-refractivity contribution < 1.29 is 5.71 Å². The molecule has 0 heteroatoms. The topological polar surface area (TPSA) is 0 Å². The quantitative estimate of drug-likeness (QED) is 0.266. The molecule has 0 aromatic heterocycles. The second kappa shape index (κ2) is 17.9. The third kappa shape index (κ3) is 10.9. The molecule has 4 saturated carbocycles. The highest BCUT2D eigenvalue weighted by Crippen LogP contribution is 2.43. The zero-order chi connectivity index (χ0) is 26.3. The summed E-state index contributed by atoms with van der Waals surface area (Å²) in [5, 5.41) is 0. The van der Waals surface area contributed by atoms with Crippen LogP contribution in [0, 0.1) is 47.3 Å². The van der Waals surface area contributed by atoms with Crippen molar-refractivity contribution >= 4 is 0 Å². The number of rotatable bonds is 9. The van der Waals surface area contributed by atoms with Crippen LogP contribution in [0.15, 0.2) is 24.3 Å². The molecule has 0 heterocycles. The standard InChI is InChI=1S/C19H34.C18H32.4H2/c1-3-5-7-17-10-14-19(15-11-17)18-12-8-16(6-4-2)9-13-18;1-3-5-15-7-11-17(12-8-15)18-13-9-16(6-4-2)10-14-18;;;;/h4,6,16-19H,3,5,7-15H2,1-2H3;3,5,15-18H,4,6-14H2,1-2H3;4*1H/b6-4+;5-3+;;;;. The maximum absolute atomic E-state index is 2.44. The summed E-state index contributed by atoms with van der Waals surface area (Å²) in [5.74, 6) is 8.29. The molecule has 0 bridgehead atoms. The first-order chi connectivity index (χ1) is 18.2. The Kier molecular flexibility index (Phi) is 15.0. The Labute approximate surface area is 239 Å². The van der Waals surface area contributed by atoms with Crippen LogP contribution < -0.4 is 0 Å². The average molecular weight is 519 g/mol. The minimum atomic E-state index is 0. The van der Waals surface area contributed by atoms with Gasteiger partial charge >= 0.3 is 0 Å². The Balaban J connectivity index is 0. The molecule has 4 aliphatic carbocycles. The predicted octanol–water partition coefficient (Wildman–Crippen LogP) is 13.3. The first-order valence-corrected chi connectivity index (χ1v) is 17.4. The van der Waals surface area contributed by atoms with E-state index >= 15 is 0 Å². The highest BCUT2D eigenvalue weighted by atomic mass is 14.4. The summed E-state index contributed by atoms with van der Waals surface area (Å²) in [6.45, 7) is 9.01. The van der Waals surface area contributed by atoms with Gasteiger partial charge in [0.1, 0.15) is 0 Å². The van der Waals surface area contributed by atoms with Gasteiger partial charge in [0.2, 0.25) is 0 Å². The van der Waals surface area contributed by atoms with Crippen LogP contribution in [0.1, 0.15) is 168 Å². The summed E-state index contributed by atoms with van der Waals surface area (Å²) in [6, 6.07) is 0. The number of allylic oxidation sites excluding steroid dienone is 4. The van der Waals surface area contributed by atoms with Gasteiger partial charge in [-0.3, -0.25) is 0 Å². The molecule has 4 rings (SSSR count). The van der Waals surface area contributed by atoms with Crippen molar-refractivity contribution in [1.82, 2.24) is 0 Å². The summed E-state index contributed by atoms with van der Waals surface area (Å²) in [5.41, 5.74) is 0. The van der Waals surface area contributed by atoms with Crippen molar-refractivity contribution in [1.29, 1.82) is 0 Å². The zero-order valence-electron chi connectivity index (χ0n) is 25.8. The van der Waals surface area contributed by atoms with Crippen molar-refractivity contribution in [2.24, 2.45) is 47.3 Å². The number of unbranched alkanes of at least 4 members (excludes halogenated alkanes) is 1. The molecule has 0 N–H and O–H groups in total. The molecule has 0 nitrogen and oxygen atoms in total. The summed E-state index contributed by atoms with van der Waals surface area (Å²) in [6.07, 6.45) is 40.9. The van der Waals surface area contributed by atoms with E-state index in [1.807, 2.05) is 0 Å². The normalized spacial score (nSPS) is 37.4. The van der Waals surface area contributed by atoms with Crippen molar-refractivity contribution in [3.05, 3.63) is 24.3 Å². The van der Waals surface area contributed by atoms with Crippen molar-refractivity contribution in [3.63, 3.8) is 0 Å². The maximum atomic E-state index is 2.44. The fourth-order valence-corrected chi connectivity index (χ4v) is 8.96. The van der Waals surface area contributed by atoms with E-state index < -0.39 is 0 Å². The maximum Gasteiger partial charge on any atom is 0 e. The largest absolute Gasteiger partial charge is 0.0914 e. The Bertz CT molecular complexity index is 615. The molecule has 0 saturated heterocycles. The molecule has 0 aromatic carbocycles. The summed E-state index contributed by atoms with van der Waals surface area (Å²) < 4.78 is 0. The van der Waals surface area contributed by atoms with Crippen molar-refractivity contribution in [2.45, 2.75) is 163 Å². The fraction of sp³-hybridized carbons (Fsp3) is 0.892. The van der Waals surface area contributed by atoms with Crippen LogP contribution >= 0.6 is 0 Å². The van der Waals surface area contributed by atoms with E-state index in [-0.39, 0.29) is 5.71 Å². The van der Waals surface area contributed by atoms with Gasteiger partial charge in [0, 0.05) is 5.71 Å². The monoisotopic (exact) mass is 519 g/mol. The SMILES string of the molecule is C/C=C/C1CCC(C2CCC(CCC)CC2)CC1.C/C=C/C1CCC(C2CCC(CCCC)CC2)CC1.[HH].[HH].[HH].[HH]. The molecule has 0 amide bonds. The molecule has 0 radical (unpaired) electrons. The molecule has 0 aromatic rings. The third-order valence-corrected chi connectivity index (χ3v) is 11.3. The second-order valence-corrected chi connectivity index (χ2v) is 13.9. The summed E-state index contributed by atoms with van der Waals surface area (Å²) >= 11 is 0. The van der Waals surface area contributed by atoms with E-state index in [1.54, 1.807) is 38.5 Å². The van der Waals surface area contributed by atoms with Crippen molar-refractivity contribution in [3.8, 4) is 0 Å². The fourth-order valence-electron chi connectivity index (χ4n) is 8.96.